The normalized spacial score (nSPS) is 10.1. The maximum absolute atomic E-state index is 7.33. The highest BCUT2D eigenvalue weighted by Crippen LogP contribution is 2.33. The summed E-state index contributed by atoms with van der Waals surface area (Å²) in [6.07, 6.45) is 0. The van der Waals surface area contributed by atoms with E-state index in [2.05, 4.69) is 4.98 Å². The molecule has 0 saturated carbocycles. The molecule has 6 heteroatoms. The number of nitrogens with zero attached hydrogens (tertiary/aromatic N) is 1. The lowest BCUT2D eigenvalue weighted by atomic mass is 10.2. The van der Waals surface area contributed by atoms with Gasteiger partial charge in [0.2, 0.25) is 0 Å². The van der Waals surface area contributed by atoms with Crippen LogP contribution < -0.4 is 15.2 Å². The summed E-state index contributed by atoms with van der Waals surface area (Å²) in [6, 6.07) is 5.56. The van der Waals surface area contributed by atoms with Crippen LogP contribution in [-0.2, 0) is 0 Å². The molecule has 1 aromatic carbocycles. The molecule has 0 aliphatic rings. The molecule has 0 aliphatic heterocycles. The minimum atomic E-state index is -0.0297. The average Bonchev–Trinajstić information content (AvgIpc) is 2.87. The minimum absolute atomic E-state index is 0.0297. The van der Waals surface area contributed by atoms with Crippen molar-refractivity contribution in [3.63, 3.8) is 0 Å². The highest BCUT2D eigenvalue weighted by atomic mass is 32.1. The number of methoxy groups -OCH3 is 2. The molecule has 1 aromatic heterocycles. The van der Waals surface area contributed by atoms with Crippen LogP contribution in [0.4, 0.5) is 0 Å². The number of rotatable bonds is 4. The van der Waals surface area contributed by atoms with Crippen molar-refractivity contribution in [1.82, 2.24) is 4.98 Å². The largest absolute Gasteiger partial charge is 0.493 e. The quantitative estimate of drug-likeness (QED) is 0.654. The zero-order valence-electron chi connectivity index (χ0n) is 10.1. The summed E-state index contributed by atoms with van der Waals surface area (Å²) in [6.45, 7) is 0. The molecule has 1 heterocycles. The van der Waals surface area contributed by atoms with Crippen molar-refractivity contribution in [3.8, 4) is 22.1 Å². The number of nitrogens with two attached hydrogens (primary N) is 1. The van der Waals surface area contributed by atoms with Crippen molar-refractivity contribution in [2.75, 3.05) is 14.2 Å². The summed E-state index contributed by atoms with van der Waals surface area (Å²) in [5.74, 6) is 1.29. The molecule has 2 aromatic rings. The van der Waals surface area contributed by atoms with Crippen LogP contribution in [0.25, 0.3) is 10.6 Å². The molecular formula is C12H13N3O2S. The molecule has 0 spiro atoms. The smallest absolute Gasteiger partial charge is 0.161 e. The summed E-state index contributed by atoms with van der Waals surface area (Å²) in [5, 5.41) is 9.88. The van der Waals surface area contributed by atoms with Crippen molar-refractivity contribution in [1.29, 1.82) is 5.41 Å². The van der Waals surface area contributed by atoms with E-state index in [-0.39, 0.29) is 5.84 Å². The first-order valence-electron chi connectivity index (χ1n) is 5.18. The zero-order valence-corrected chi connectivity index (χ0v) is 10.9. The van der Waals surface area contributed by atoms with E-state index < -0.39 is 0 Å². The van der Waals surface area contributed by atoms with Crippen molar-refractivity contribution in [2.24, 2.45) is 5.73 Å². The Morgan fingerprint density at radius 3 is 2.56 bits per heavy atom. The lowest BCUT2D eigenvalue weighted by molar-refractivity contribution is 0.355. The lowest BCUT2D eigenvalue weighted by Crippen LogP contribution is -2.11. The third-order valence-corrected chi connectivity index (χ3v) is 3.30. The number of thiazole rings is 1. The van der Waals surface area contributed by atoms with Crippen molar-refractivity contribution in [2.45, 2.75) is 0 Å². The first-order chi connectivity index (χ1) is 8.65. The van der Waals surface area contributed by atoms with Gasteiger partial charge in [-0.05, 0) is 18.2 Å². The fourth-order valence-corrected chi connectivity index (χ4v) is 2.32. The summed E-state index contributed by atoms with van der Waals surface area (Å²) in [4.78, 5) is 4.28. The van der Waals surface area contributed by atoms with Gasteiger partial charge in [0.05, 0.1) is 14.2 Å². The van der Waals surface area contributed by atoms with Gasteiger partial charge < -0.3 is 15.2 Å². The van der Waals surface area contributed by atoms with E-state index in [0.29, 0.717) is 17.2 Å². The molecular weight excluding hydrogens is 250 g/mol. The molecule has 0 atom stereocenters. The number of hydrogen-bond acceptors (Lipinski definition) is 5. The van der Waals surface area contributed by atoms with Gasteiger partial charge in [0, 0.05) is 10.9 Å². The van der Waals surface area contributed by atoms with Gasteiger partial charge in [0.15, 0.2) is 11.5 Å². The van der Waals surface area contributed by atoms with E-state index in [0.717, 1.165) is 10.6 Å². The SMILES string of the molecule is COc1ccc(-c2nc(C(=N)N)cs2)cc1OC. The number of nitrogens with one attached hydrogen (secondary N) is 1. The first kappa shape index (κ1) is 12.4. The predicted octanol–water partition coefficient (Wildman–Crippen LogP) is 2.11. The molecule has 0 radical (unpaired) electrons. The monoisotopic (exact) mass is 263 g/mol. The highest BCUT2D eigenvalue weighted by Gasteiger charge is 2.10. The third-order valence-electron chi connectivity index (χ3n) is 2.41. The van der Waals surface area contributed by atoms with E-state index in [4.69, 9.17) is 20.6 Å². The van der Waals surface area contributed by atoms with Gasteiger partial charge in [-0.2, -0.15) is 0 Å². The van der Waals surface area contributed by atoms with Crippen molar-refractivity contribution < 1.29 is 9.47 Å². The van der Waals surface area contributed by atoms with Crippen LogP contribution >= 0.6 is 11.3 Å². The summed E-state index contributed by atoms with van der Waals surface area (Å²) in [7, 11) is 3.18. The fraction of sp³-hybridized carbons (Fsp3) is 0.167. The number of benzene rings is 1. The maximum Gasteiger partial charge on any atom is 0.161 e. The number of amidine groups is 1. The highest BCUT2D eigenvalue weighted by molar-refractivity contribution is 7.13. The molecule has 0 saturated heterocycles. The fourth-order valence-electron chi connectivity index (χ4n) is 1.50. The maximum atomic E-state index is 7.33. The molecule has 5 nitrogen and oxygen atoms in total. The average molecular weight is 263 g/mol. The van der Waals surface area contributed by atoms with Gasteiger partial charge in [-0.15, -0.1) is 11.3 Å². The zero-order chi connectivity index (χ0) is 13.1. The topological polar surface area (TPSA) is 81.2 Å². The van der Waals surface area contributed by atoms with Crippen molar-refractivity contribution >= 4 is 17.2 Å². The van der Waals surface area contributed by atoms with E-state index in [1.54, 1.807) is 19.6 Å². The van der Waals surface area contributed by atoms with Crippen LogP contribution in [0, 0.1) is 5.41 Å². The molecule has 0 amide bonds. The Hall–Kier alpha value is -2.08. The molecule has 0 unspecified atom stereocenters. The Balaban J connectivity index is 2.41. The van der Waals surface area contributed by atoms with Gasteiger partial charge in [0.1, 0.15) is 16.5 Å². The molecule has 2 rings (SSSR count). The van der Waals surface area contributed by atoms with E-state index >= 15 is 0 Å². The van der Waals surface area contributed by atoms with E-state index in [1.165, 1.54) is 11.3 Å². The van der Waals surface area contributed by atoms with Gasteiger partial charge in [0.25, 0.3) is 0 Å². The molecule has 3 N–H and O–H groups in total. The van der Waals surface area contributed by atoms with Crippen LogP contribution in [0.15, 0.2) is 23.6 Å². The molecule has 94 valence electrons. The Labute approximate surface area is 109 Å². The van der Waals surface area contributed by atoms with Crippen LogP contribution in [0.3, 0.4) is 0 Å². The summed E-state index contributed by atoms with van der Waals surface area (Å²) in [5.41, 5.74) is 6.79. The van der Waals surface area contributed by atoms with Gasteiger partial charge >= 0.3 is 0 Å². The number of ether oxygens (including phenoxy) is 2. The standard InChI is InChI=1S/C12H13N3O2S/c1-16-9-4-3-7(5-10(9)17-2)12-15-8(6-18-12)11(13)14/h3-6H,1-2H3,(H3,13,14). The number of nitrogen functional groups attached to an aromatic ring is 1. The van der Waals surface area contributed by atoms with Crippen LogP contribution in [0.2, 0.25) is 0 Å². The lowest BCUT2D eigenvalue weighted by Gasteiger charge is -2.08. The molecule has 0 aliphatic carbocycles. The Kier molecular flexibility index (Phi) is 3.47. The van der Waals surface area contributed by atoms with Gasteiger partial charge in [-0.25, -0.2) is 4.98 Å². The Morgan fingerprint density at radius 1 is 1.28 bits per heavy atom. The van der Waals surface area contributed by atoms with E-state index in [1.807, 2.05) is 18.2 Å². The number of aromatic nitrogens is 1. The van der Waals surface area contributed by atoms with Crippen molar-refractivity contribution in [3.05, 3.63) is 29.3 Å². The molecule has 18 heavy (non-hydrogen) atoms. The molecule has 0 fully saturated rings. The Morgan fingerprint density at radius 2 is 2.00 bits per heavy atom. The Bertz CT molecular complexity index is 580. The number of hydrogen-bond donors (Lipinski definition) is 2. The van der Waals surface area contributed by atoms with Crippen LogP contribution in [0.1, 0.15) is 5.69 Å². The second kappa shape index (κ2) is 5.05. The summed E-state index contributed by atoms with van der Waals surface area (Å²) >= 11 is 1.44. The minimum Gasteiger partial charge on any atom is -0.493 e. The van der Waals surface area contributed by atoms with Crippen LogP contribution in [-0.4, -0.2) is 25.0 Å². The summed E-state index contributed by atoms with van der Waals surface area (Å²) < 4.78 is 10.4. The first-order valence-corrected chi connectivity index (χ1v) is 6.06. The van der Waals surface area contributed by atoms with Gasteiger partial charge in [-0.1, -0.05) is 0 Å². The third kappa shape index (κ3) is 2.28. The predicted molar refractivity (Wildman–Crippen MR) is 71.7 cm³/mol. The van der Waals surface area contributed by atoms with Gasteiger partial charge in [-0.3, -0.25) is 5.41 Å². The van der Waals surface area contributed by atoms with Crippen LogP contribution in [0.5, 0.6) is 11.5 Å². The van der Waals surface area contributed by atoms with E-state index in [9.17, 15) is 0 Å². The molecule has 0 bridgehead atoms. The second-order valence-corrected chi connectivity index (χ2v) is 4.38. The second-order valence-electron chi connectivity index (χ2n) is 3.52.